The quantitative estimate of drug-likeness (QED) is 0.424. The largest absolute Gasteiger partial charge is 0.497 e. The number of methoxy groups -OCH3 is 2. The number of amides is 1. The van der Waals surface area contributed by atoms with Gasteiger partial charge >= 0.3 is 12.1 Å². The summed E-state index contributed by atoms with van der Waals surface area (Å²) in [6, 6.07) is 14.2. The molecule has 0 aliphatic heterocycles. The molecule has 192 valence electrons. The third-order valence-corrected chi connectivity index (χ3v) is 5.98. The van der Waals surface area contributed by atoms with Crippen LogP contribution >= 0.6 is 0 Å². The molecular formula is C25H34N2O7S. The van der Waals surface area contributed by atoms with E-state index in [0.29, 0.717) is 17.1 Å². The van der Waals surface area contributed by atoms with Crippen molar-refractivity contribution in [2.75, 3.05) is 27.4 Å². The Bertz CT molecular complexity index is 988. The fourth-order valence-corrected chi connectivity index (χ4v) is 4.16. The predicted octanol–water partition coefficient (Wildman–Crippen LogP) is 4.08. The molecule has 35 heavy (non-hydrogen) atoms. The molecule has 10 heteroatoms. The Morgan fingerprint density at radius 3 is 1.77 bits per heavy atom. The van der Waals surface area contributed by atoms with Crippen molar-refractivity contribution in [1.29, 1.82) is 0 Å². The second kappa shape index (κ2) is 13.1. The third kappa shape index (κ3) is 9.22. The lowest BCUT2D eigenvalue weighted by Crippen LogP contribution is -2.45. The molecule has 9 nitrogen and oxygen atoms in total. The van der Waals surface area contributed by atoms with E-state index in [9.17, 15) is 13.8 Å². The predicted molar refractivity (Wildman–Crippen MR) is 133 cm³/mol. The molecule has 2 aromatic rings. The van der Waals surface area contributed by atoms with Crippen molar-refractivity contribution in [2.45, 2.75) is 46.4 Å². The van der Waals surface area contributed by atoms with Crippen LogP contribution in [0.3, 0.4) is 0 Å². The van der Waals surface area contributed by atoms with Gasteiger partial charge in [0.25, 0.3) is 0 Å². The summed E-state index contributed by atoms with van der Waals surface area (Å²) in [6.07, 6.45) is -0.768. The monoisotopic (exact) mass is 506 g/mol. The van der Waals surface area contributed by atoms with Gasteiger partial charge in [-0.3, -0.25) is 4.79 Å². The van der Waals surface area contributed by atoms with Crippen molar-refractivity contribution in [1.82, 2.24) is 8.61 Å². The van der Waals surface area contributed by atoms with Crippen LogP contribution in [-0.4, -0.2) is 57.9 Å². The number of carbonyl (C=O) groups is 2. The van der Waals surface area contributed by atoms with Gasteiger partial charge in [-0.05, 0) is 63.1 Å². The average molecular weight is 507 g/mol. The first-order valence-corrected chi connectivity index (χ1v) is 12.2. The number of hydrogen-bond donors (Lipinski definition) is 0. The van der Waals surface area contributed by atoms with Crippen LogP contribution in [0.5, 0.6) is 11.5 Å². The van der Waals surface area contributed by atoms with Crippen LogP contribution in [0.1, 0.15) is 38.8 Å². The molecule has 2 rings (SSSR count). The standard InChI is InChI=1S/C25H34N2O7S/c1-7-33-23(28)18-26(16-19-8-12-21(31-5)13-9-19)35(30)27(24(29)34-25(2,3)4)17-20-10-14-22(32-6)15-11-20/h8-15H,7,16-18H2,1-6H3. The number of nitrogens with zero attached hydrogens (tertiary/aromatic N) is 2. The molecule has 1 atom stereocenters. The molecule has 0 heterocycles. The minimum atomic E-state index is -2.07. The maximum Gasteiger partial charge on any atom is 0.423 e. The van der Waals surface area contributed by atoms with Gasteiger partial charge in [0.05, 0.1) is 27.4 Å². The van der Waals surface area contributed by atoms with Crippen molar-refractivity contribution < 1.29 is 32.7 Å². The first kappa shape index (κ1) is 28.1. The highest BCUT2D eigenvalue weighted by Gasteiger charge is 2.31. The molecule has 0 aromatic heterocycles. The first-order valence-electron chi connectivity index (χ1n) is 11.1. The molecule has 0 aliphatic carbocycles. The minimum Gasteiger partial charge on any atom is -0.497 e. The zero-order valence-electron chi connectivity index (χ0n) is 21.1. The van der Waals surface area contributed by atoms with Crippen LogP contribution in [0.2, 0.25) is 0 Å². The Morgan fingerprint density at radius 2 is 1.34 bits per heavy atom. The van der Waals surface area contributed by atoms with Gasteiger partial charge in [0.2, 0.25) is 11.2 Å². The van der Waals surface area contributed by atoms with E-state index in [0.717, 1.165) is 9.87 Å². The highest BCUT2D eigenvalue weighted by molar-refractivity contribution is 7.80. The summed E-state index contributed by atoms with van der Waals surface area (Å²) < 4.78 is 37.2. The first-order chi connectivity index (χ1) is 16.6. The molecule has 0 bridgehead atoms. The molecule has 0 saturated heterocycles. The molecule has 0 radical (unpaired) electrons. The zero-order valence-corrected chi connectivity index (χ0v) is 21.9. The Balaban J connectivity index is 2.37. The minimum absolute atomic E-state index is 0.00649. The van der Waals surface area contributed by atoms with Crippen molar-refractivity contribution >= 4 is 23.2 Å². The van der Waals surface area contributed by atoms with Crippen LogP contribution in [0.15, 0.2) is 48.5 Å². The average Bonchev–Trinajstić information content (AvgIpc) is 2.81. The number of esters is 1. The maximum absolute atomic E-state index is 13.8. The van der Waals surface area contributed by atoms with E-state index >= 15 is 0 Å². The highest BCUT2D eigenvalue weighted by Crippen LogP contribution is 2.20. The van der Waals surface area contributed by atoms with E-state index in [1.54, 1.807) is 90.4 Å². The van der Waals surface area contributed by atoms with E-state index in [1.807, 2.05) is 0 Å². The van der Waals surface area contributed by atoms with Crippen molar-refractivity contribution in [3.8, 4) is 11.5 Å². The Kier molecular flexibility index (Phi) is 10.5. The van der Waals surface area contributed by atoms with Gasteiger partial charge in [-0.15, -0.1) is 0 Å². The normalized spacial score (nSPS) is 12.1. The Morgan fingerprint density at radius 1 is 0.857 bits per heavy atom. The van der Waals surface area contributed by atoms with Crippen LogP contribution in [0.4, 0.5) is 4.79 Å². The number of carbonyl (C=O) groups excluding carboxylic acids is 2. The van der Waals surface area contributed by atoms with Crippen molar-refractivity contribution in [3.05, 3.63) is 59.7 Å². The van der Waals surface area contributed by atoms with Gasteiger partial charge in [-0.25, -0.2) is 13.3 Å². The lowest BCUT2D eigenvalue weighted by atomic mass is 10.2. The summed E-state index contributed by atoms with van der Waals surface area (Å²) in [6.45, 7) is 6.90. The molecule has 1 amide bonds. The zero-order chi connectivity index (χ0) is 26.0. The van der Waals surface area contributed by atoms with E-state index in [1.165, 1.54) is 4.31 Å². The molecule has 0 N–H and O–H groups in total. The molecule has 0 fully saturated rings. The van der Waals surface area contributed by atoms with Gasteiger partial charge in [-0.1, -0.05) is 24.3 Å². The fraction of sp³-hybridized carbons (Fsp3) is 0.440. The van der Waals surface area contributed by atoms with E-state index in [4.69, 9.17) is 18.9 Å². The number of ether oxygens (including phenoxy) is 4. The second-order valence-electron chi connectivity index (χ2n) is 8.55. The van der Waals surface area contributed by atoms with Gasteiger partial charge in [0, 0.05) is 6.54 Å². The Labute approximate surface area is 209 Å². The van der Waals surface area contributed by atoms with Crippen molar-refractivity contribution in [2.24, 2.45) is 0 Å². The summed E-state index contributed by atoms with van der Waals surface area (Å²) in [7, 11) is 3.12. The van der Waals surface area contributed by atoms with Gasteiger partial charge < -0.3 is 18.9 Å². The summed E-state index contributed by atoms with van der Waals surface area (Å²) in [5.41, 5.74) is 0.684. The number of benzene rings is 2. The molecular weight excluding hydrogens is 472 g/mol. The van der Waals surface area contributed by atoms with Gasteiger partial charge in [0.1, 0.15) is 23.6 Å². The summed E-state index contributed by atoms with van der Waals surface area (Å²) in [4.78, 5) is 25.4. The third-order valence-electron chi connectivity index (χ3n) is 4.62. The molecule has 0 aliphatic rings. The maximum atomic E-state index is 13.8. The lowest BCUT2D eigenvalue weighted by molar-refractivity contribution is -0.143. The molecule has 0 saturated carbocycles. The second-order valence-corrected chi connectivity index (χ2v) is 9.97. The van der Waals surface area contributed by atoms with Gasteiger partial charge in [-0.2, -0.15) is 4.31 Å². The van der Waals surface area contributed by atoms with Crippen LogP contribution in [0.25, 0.3) is 0 Å². The van der Waals surface area contributed by atoms with Gasteiger partial charge in [0.15, 0.2) is 0 Å². The topological polar surface area (TPSA) is 94.6 Å². The van der Waals surface area contributed by atoms with Crippen molar-refractivity contribution in [3.63, 3.8) is 0 Å². The smallest absolute Gasteiger partial charge is 0.423 e. The van der Waals surface area contributed by atoms with Crippen LogP contribution in [0, 0.1) is 0 Å². The molecule has 2 aromatic carbocycles. The van der Waals surface area contributed by atoms with E-state index in [-0.39, 0.29) is 26.2 Å². The SMILES string of the molecule is CCOC(=O)CN(Cc1ccc(OC)cc1)S(=O)N(Cc1ccc(OC)cc1)C(=O)OC(C)(C)C. The molecule has 1 unspecified atom stereocenters. The summed E-state index contributed by atoms with van der Waals surface area (Å²) in [5.74, 6) is 0.770. The van der Waals surface area contributed by atoms with E-state index < -0.39 is 28.8 Å². The summed E-state index contributed by atoms with van der Waals surface area (Å²) in [5, 5.41) is 0. The fourth-order valence-electron chi connectivity index (χ4n) is 2.98. The number of rotatable bonds is 11. The van der Waals surface area contributed by atoms with Crippen LogP contribution < -0.4 is 9.47 Å². The van der Waals surface area contributed by atoms with E-state index in [2.05, 4.69) is 0 Å². The highest BCUT2D eigenvalue weighted by atomic mass is 32.2. The lowest BCUT2D eigenvalue weighted by Gasteiger charge is -2.30. The van der Waals surface area contributed by atoms with Crippen LogP contribution in [-0.2, 0) is 38.5 Å². The summed E-state index contributed by atoms with van der Waals surface area (Å²) >= 11 is -2.07. The molecule has 0 spiro atoms. The number of hydrogen-bond acceptors (Lipinski definition) is 7. The Hall–Kier alpha value is -3.11.